The van der Waals surface area contributed by atoms with E-state index in [1.54, 1.807) is 16.8 Å². The molecular formula is C15H22N2O2. The van der Waals surface area contributed by atoms with Gasteiger partial charge >= 0.3 is 0 Å². The molecule has 0 aromatic carbocycles. The largest absolute Gasteiger partial charge is 0.340 e. The molecule has 0 aliphatic heterocycles. The Kier molecular flexibility index (Phi) is 4.77. The van der Waals surface area contributed by atoms with Crippen LogP contribution in [0.25, 0.3) is 0 Å². The molecule has 0 saturated heterocycles. The lowest BCUT2D eigenvalue weighted by Gasteiger charge is -2.27. The van der Waals surface area contributed by atoms with Gasteiger partial charge in [-0.25, -0.2) is 0 Å². The van der Waals surface area contributed by atoms with Crippen molar-refractivity contribution in [3.8, 4) is 0 Å². The summed E-state index contributed by atoms with van der Waals surface area (Å²) in [5, 5.41) is 0. The van der Waals surface area contributed by atoms with Crippen LogP contribution in [0.5, 0.6) is 0 Å². The molecule has 1 fully saturated rings. The number of hydrogen-bond acceptors (Lipinski definition) is 2. The Labute approximate surface area is 114 Å². The van der Waals surface area contributed by atoms with Crippen molar-refractivity contribution >= 4 is 5.91 Å². The van der Waals surface area contributed by atoms with Gasteiger partial charge in [0.15, 0.2) is 0 Å². The van der Waals surface area contributed by atoms with Crippen molar-refractivity contribution in [3.63, 3.8) is 0 Å². The van der Waals surface area contributed by atoms with Crippen molar-refractivity contribution in [2.24, 2.45) is 0 Å². The fraction of sp³-hybridized carbons (Fsp3) is 0.600. The van der Waals surface area contributed by atoms with E-state index in [0.717, 1.165) is 19.4 Å². The van der Waals surface area contributed by atoms with Crippen molar-refractivity contribution in [1.82, 2.24) is 9.47 Å². The molecule has 4 nitrogen and oxygen atoms in total. The third-order valence-corrected chi connectivity index (χ3v) is 3.89. The molecule has 1 aromatic rings. The predicted octanol–water partition coefficient (Wildman–Crippen LogP) is 2.03. The molecule has 0 N–H and O–H groups in total. The number of aryl methyl sites for hydroxylation is 1. The molecular weight excluding hydrogens is 240 g/mol. The third kappa shape index (κ3) is 3.46. The zero-order valence-electron chi connectivity index (χ0n) is 11.5. The monoisotopic (exact) mass is 262 g/mol. The third-order valence-electron chi connectivity index (χ3n) is 3.89. The van der Waals surface area contributed by atoms with Crippen LogP contribution in [0.4, 0.5) is 0 Å². The first-order valence-electron chi connectivity index (χ1n) is 7.17. The smallest absolute Gasteiger partial charge is 0.250 e. The molecule has 0 bridgehead atoms. The molecule has 1 amide bonds. The van der Waals surface area contributed by atoms with Gasteiger partial charge in [-0.05, 0) is 25.8 Å². The fourth-order valence-corrected chi connectivity index (χ4v) is 2.86. The summed E-state index contributed by atoms with van der Waals surface area (Å²) in [7, 11) is 0. The summed E-state index contributed by atoms with van der Waals surface area (Å²) in [6, 6.07) is 5.49. The van der Waals surface area contributed by atoms with Crippen LogP contribution in [0.2, 0.25) is 0 Å². The number of carbonyl (C=O) groups excluding carboxylic acids is 1. The topological polar surface area (TPSA) is 42.3 Å². The van der Waals surface area contributed by atoms with E-state index in [2.05, 4.69) is 0 Å². The number of nitrogens with zero attached hydrogens (tertiary/aromatic N) is 2. The maximum atomic E-state index is 12.3. The van der Waals surface area contributed by atoms with Gasteiger partial charge in [-0.15, -0.1) is 0 Å². The quantitative estimate of drug-likeness (QED) is 0.815. The number of aromatic nitrogens is 1. The summed E-state index contributed by atoms with van der Waals surface area (Å²) >= 11 is 0. The highest BCUT2D eigenvalue weighted by atomic mass is 16.2. The maximum Gasteiger partial charge on any atom is 0.250 e. The van der Waals surface area contributed by atoms with E-state index < -0.39 is 0 Å². The van der Waals surface area contributed by atoms with Crippen LogP contribution < -0.4 is 5.56 Å². The zero-order valence-corrected chi connectivity index (χ0v) is 11.5. The minimum Gasteiger partial charge on any atom is -0.340 e. The van der Waals surface area contributed by atoms with Gasteiger partial charge in [-0.3, -0.25) is 9.59 Å². The van der Waals surface area contributed by atoms with Gasteiger partial charge < -0.3 is 9.47 Å². The minimum absolute atomic E-state index is 0.0424. The first-order valence-corrected chi connectivity index (χ1v) is 7.17. The molecule has 1 aromatic heterocycles. The van der Waals surface area contributed by atoms with E-state index in [4.69, 9.17) is 0 Å². The van der Waals surface area contributed by atoms with Crippen LogP contribution in [-0.4, -0.2) is 28.0 Å². The molecule has 2 rings (SSSR count). The second-order valence-corrected chi connectivity index (χ2v) is 5.10. The van der Waals surface area contributed by atoms with Crippen LogP contribution in [0.15, 0.2) is 29.2 Å². The Balaban J connectivity index is 1.93. The Morgan fingerprint density at radius 3 is 2.74 bits per heavy atom. The van der Waals surface area contributed by atoms with E-state index in [1.807, 2.05) is 17.9 Å². The molecule has 0 spiro atoms. The lowest BCUT2D eigenvalue weighted by molar-refractivity contribution is -0.133. The fourth-order valence-electron chi connectivity index (χ4n) is 2.86. The van der Waals surface area contributed by atoms with Gasteiger partial charge in [0, 0.05) is 37.8 Å². The van der Waals surface area contributed by atoms with Crippen molar-refractivity contribution in [1.29, 1.82) is 0 Å². The maximum absolute atomic E-state index is 12.3. The summed E-state index contributed by atoms with van der Waals surface area (Å²) in [4.78, 5) is 25.8. The molecule has 1 saturated carbocycles. The van der Waals surface area contributed by atoms with Crippen LogP contribution in [-0.2, 0) is 11.3 Å². The van der Waals surface area contributed by atoms with Crippen molar-refractivity contribution < 1.29 is 4.79 Å². The lowest BCUT2D eigenvalue weighted by Crippen LogP contribution is -2.39. The van der Waals surface area contributed by atoms with Crippen LogP contribution in [0.1, 0.15) is 39.0 Å². The van der Waals surface area contributed by atoms with Crippen LogP contribution in [0, 0.1) is 0 Å². The number of pyridine rings is 1. The molecule has 4 heteroatoms. The highest BCUT2D eigenvalue weighted by Gasteiger charge is 2.24. The van der Waals surface area contributed by atoms with E-state index in [0.29, 0.717) is 19.0 Å². The number of hydrogen-bond donors (Lipinski definition) is 0. The molecule has 104 valence electrons. The Hall–Kier alpha value is -1.58. The Bertz CT molecular complexity index is 475. The highest BCUT2D eigenvalue weighted by molar-refractivity contribution is 5.76. The average Bonchev–Trinajstić information content (AvgIpc) is 2.92. The highest BCUT2D eigenvalue weighted by Crippen LogP contribution is 2.23. The van der Waals surface area contributed by atoms with E-state index in [-0.39, 0.29) is 11.5 Å². The summed E-state index contributed by atoms with van der Waals surface area (Å²) < 4.78 is 1.60. The van der Waals surface area contributed by atoms with E-state index in [9.17, 15) is 9.59 Å². The molecule has 0 radical (unpaired) electrons. The molecule has 1 aliphatic carbocycles. The first kappa shape index (κ1) is 13.8. The van der Waals surface area contributed by atoms with E-state index in [1.165, 1.54) is 18.9 Å². The standard InChI is InChI=1S/C15H22N2O2/c1-2-17(13-7-3-4-8-13)15(19)10-12-16-11-6-5-9-14(16)18/h5-6,9,11,13H,2-4,7-8,10,12H2,1H3. The summed E-state index contributed by atoms with van der Waals surface area (Å²) in [6.45, 7) is 3.28. The Morgan fingerprint density at radius 1 is 1.37 bits per heavy atom. The molecule has 0 unspecified atom stereocenters. The van der Waals surface area contributed by atoms with Gasteiger partial charge in [0.05, 0.1) is 0 Å². The van der Waals surface area contributed by atoms with Gasteiger partial charge in [0.2, 0.25) is 5.91 Å². The zero-order chi connectivity index (χ0) is 13.7. The summed E-state index contributed by atoms with van der Waals surface area (Å²) in [5.41, 5.74) is -0.0424. The molecule has 0 atom stereocenters. The van der Waals surface area contributed by atoms with E-state index >= 15 is 0 Å². The number of carbonyl (C=O) groups is 1. The molecule has 1 aliphatic rings. The van der Waals surface area contributed by atoms with Crippen molar-refractivity contribution in [2.75, 3.05) is 6.54 Å². The van der Waals surface area contributed by atoms with Crippen molar-refractivity contribution in [3.05, 3.63) is 34.7 Å². The SMILES string of the molecule is CCN(C(=O)CCn1ccccc1=O)C1CCCC1. The minimum atomic E-state index is -0.0424. The number of rotatable bonds is 5. The number of amides is 1. The van der Waals surface area contributed by atoms with Gasteiger partial charge in [-0.2, -0.15) is 0 Å². The second kappa shape index (κ2) is 6.55. The molecule has 19 heavy (non-hydrogen) atoms. The van der Waals surface area contributed by atoms with Crippen LogP contribution in [0.3, 0.4) is 0 Å². The van der Waals surface area contributed by atoms with Gasteiger partial charge in [-0.1, -0.05) is 18.9 Å². The molecule has 1 heterocycles. The predicted molar refractivity (Wildman–Crippen MR) is 75.0 cm³/mol. The Morgan fingerprint density at radius 2 is 2.11 bits per heavy atom. The average molecular weight is 262 g/mol. The summed E-state index contributed by atoms with van der Waals surface area (Å²) in [5.74, 6) is 0.171. The normalized spacial score (nSPS) is 15.6. The lowest BCUT2D eigenvalue weighted by atomic mass is 10.2. The second-order valence-electron chi connectivity index (χ2n) is 5.10. The van der Waals surface area contributed by atoms with Gasteiger partial charge in [0.25, 0.3) is 5.56 Å². The van der Waals surface area contributed by atoms with Gasteiger partial charge in [0.1, 0.15) is 0 Å². The first-order chi connectivity index (χ1) is 9.22. The van der Waals surface area contributed by atoms with Crippen LogP contribution >= 0.6 is 0 Å². The summed E-state index contributed by atoms with van der Waals surface area (Å²) in [6.07, 6.45) is 6.87. The van der Waals surface area contributed by atoms with Crippen molar-refractivity contribution in [2.45, 2.75) is 51.6 Å².